The first-order chi connectivity index (χ1) is 11.3. The lowest BCUT2D eigenvalue weighted by atomic mass is 9.84. The molecule has 5 nitrogen and oxygen atoms in total. The molecule has 2 aromatic rings. The van der Waals surface area contributed by atoms with Crippen LogP contribution in [-0.2, 0) is 22.6 Å². The molecule has 4 heterocycles. The summed E-state index contributed by atoms with van der Waals surface area (Å²) in [6, 6.07) is 4.01. The maximum absolute atomic E-state index is 6.09. The van der Waals surface area contributed by atoms with Crippen LogP contribution in [0.25, 0.3) is 0 Å². The molecular weight excluding hydrogens is 310 g/mol. The lowest BCUT2D eigenvalue weighted by molar-refractivity contribution is -0.200. The van der Waals surface area contributed by atoms with E-state index in [1.807, 2.05) is 23.8 Å². The number of hydrogen-bond donors (Lipinski definition) is 0. The van der Waals surface area contributed by atoms with Crippen molar-refractivity contribution in [3.63, 3.8) is 0 Å². The summed E-state index contributed by atoms with van der Waals surface area (Å²) in [6.07, 6.45) is 7.78. The molecule has 2 aliphatic rings. The van der Waals surface area contributed by atoms with Gasteiger partial charge >= 0.3 is 0 Å². The normalized spacial score (nSPS) is 23.7. The van der Waals surface area contributed by atoms with Crippen molar-refractivity contribution < 1.29 is 9.47 Å². The van der Waals surface area contributed by atoms with E-state index in [4.69, 9.17) is 9.47 Å². The average molecular weight is 331 g/mol. The molecule has 0 amide bonds. The van der Waals surface area contributed by atoms with Crippen LogP contribution in [-0.4, -0.2) is 46.3 Å². The van der Waals surface area contributed by atoms with Crippen molar-refractivity contribution in [3.05, 3.63) is 46.7 Å². The van der Waals surface area contributed by atoms with E-state index < -0.39 is 0 Å². The molecule has 1 spiro atoms. The Morgan fingerprint density at radius 1 is 1.39 bits per heavy atom. The Bertz CT molecular complexity index is 614. The number of thiazole rings is 1. The highest BCUT2D eigenvalue weighted by molar-refractivity contribution is 7.09. The summed E-state index contributed by atoms with van der Waals surface area (Å²) in [5.41, 5.74) is 1.13. The Morgan fingerprint density at radius 2 is 2.35 bits per heavy atom. The third-order valence-corrected chi connectivity index (χ3v) is 5.29. The molecule has 23 heavy (non-hydrogen) atoms. The molecular formula is C17H21N3O2S. The summed E-state index contributed by atoms with van der Waals surface area (Å²) in [6.45, 7) is 4.34. The zero-order valence-corrected chi connectivity index (χ0v) is 13.9. The summed E-state index contributed by atoms with van der Waals surface area (Å²) < 4.78 is 12.2. The second kappa shape index (κ2) is 6.65. The van der Waals surface area contributed by atoms with E-state index in [-0.39, 0.29) is 11.7 Å². The molecule has 0 radical (unpaired) electrons. The van der Waals surface area contributed by atoms with Gasteiger partial charge in [-0.2, -0.15) is 0 Å². The molecule has 0 unspecified atom stereocenters. The van der Waals surface area contributed by atoms with Crippen LogP contribution in [0, 0.1) is 0 Å². The molecule has 0 aromatic carbocycles. The maximum atomic E-state index is 6.09. The first-order valence-corrected chi connectivity index (χ1v) is 8.95. The fourth-order valence-corrected chi connectivity index (χ4v) is 4.10. The Labute approximate surface area is 140 Å². The van der Waals surface area contributed by atoms with Crippen LogP contribution in [0.2, 0.25) is 0 Å². The molecule has 6 heteroatoms. The van der Waals surface area contributed by atoms with Crippen LogP contribution in [0.5, 0.6) is 0 Å². The first kappa shape index (κ1) is 15.2. The minimum Gasteiger partial charge on any atom is -0.373 e. The highest BCUT2D eigenvalue weighted by Gasteiger charge is 2.47. The van der Waals surface area contributed by atoms with E-state index in [1.54, 1.807) is 17.5 Å². The molecule has 0 N–H and O–H groups in total. The number of aromatic nitrogens is 2. The van der Waals surface area contributed by atoms with Crippen LogP contribution in [0.4, 0.5) is 0 Å². The standard InChI is InChI=1S/C17H21N3O2S/c1-2-14(9-18-4-1)11-21-15-3-6-22-17(8-15)12-20(13-17)10-16-19-5-7-23-16/h1-2,4-5,7,9,15H,3,6,8,10-13H2/t15-/m0/s1. The monoisotopic (exact) mass is 331 g/mol. The molecule has 2 aromatic heterocycles. The minimum atomic E-state index is -0.00485. The van der Waals surface area contributed by atoms with Crippen LogP contribution in [0.15, 0.2) is 36.1 Å². The van der Waals surface area contributed by atoms with Crippen molar-refractivity contribution in [2.45, 2.75) is 37.7 Å². The smallest absolute Gasteiger partial charge is 0.107 e. The van der Waals surface area contributed by atoms with Crippen LogP contribution in [0.3, 0.4) is 0 Å². The van der Waals surface area contributed by atoms with Gasteiger partial charge in [0.1, 0.15) is 5.01 Å². The predicted molar refractivity (Wildman–Crippen MR) is 88.1 cm³/mol. The highest BCUT2D eigenvalue weighted by Crippen LogP contribution is 2.36. The van der Waals surface area contributed by atoms with Crippen LogP contribution >= 0.6 is 11.3 Å². The van der Waals surface area contributed by atoms with Gasteiger partial charge in [-0.3, -0.25) is 9.88 Å². The molecule has 2 fully saturated rings. The topological polar surface area (TPSA) is 47.5 Å². The Morgan fingerprint density at radius 3 is 3.13 bits per heavy atom. The van der Waals surface area contributed by atoms with Gasteiger partial charge in [-0.15, -0.1) is 11.3 Å². The van der Waals surface area contributed by atoms with Crippen molar-refractivity contribution in [1.82, 2.24) is 14.9 Å². The average Bonchev–Trinajstić information content (AvgIpc) is 3.06. The Balaban J connectivity index is 1.27. The predicted octanol–water partition coefficient (Wildman–Crippen LogP) is 2.49. The van der Waals surface area contributed by atoms with Gasteiger partial charge in [0.2, 0.25) is 0 Å². The number of hydrogen-bond acceptors (Lipinski definition) is 6. The van der Waals surface area contributed by atoms with E-state index in [9.17, 15) is 0 Å². The van der Waals surface area contributed by atoms with Gasteiger partial charge in [0, 0.05) is 50.1 Å². The quantitative estimate of drug-likeness (QED) is 0.842. The van der Waals surface area contributed by atoms with E-state index in [1.165, 1.54) is 5.01 Å². The number of pyridine rings is 1. The highest BCUT2D eigenvalue weighted by atomic mass is 32.1. The minimum absolute atomic E-state index is 0.00485. The summed E-state index contributed by atoms with van der Waals surface area (Å²) in [5, 5.41) is 3.21. The molecule has 122 valence electrons. The second-order valence-corrected chi connectivity index (χ2v) is 7.37. The Kier molecular flexibility index (Phi) is 4.39. The lowest BCUT2D eigenvalue weighted by Gasteiger charge is -2.53. The maximum Gasteiger partial charge on any atom is 0.107 e. The molecule has 0 aliphatic carbocycles. The molecule has 1 atom stereocenters. The van der Waals surface area contributed by atoms with Crippen LogP contribution < -0.4 is 0 Å². The largest absolute Gasteiger partial charge is 0.373 e. The first-order valence-electron chi connectivity index (χ1n) is 8.07. The summed E-state index contributed by atoms with van der Waals surface area (Å²) in [7, 11) is 0. The van der Waals surface area contributed by atoms with Gasteiger partial charge < -0.3 is 9.47 Å². The number of rotatable bonds is 5. The molecule has 0 saturated carbocycles. The van der Waals surface area contributed by atoms with Crippen molar-refractivity contribution in [1.29, 1.82) is 0 Å². The molecule has 4 rings (SSSR count). The van der Waals surface area contributed by atoms with Crippen molar-refractivity contribution >= 4 is 11.3 Å². The molecule has 0 bridgehead atoms. The van der Waals surface area contributed by atoms with Gasteiger partial charge in [0.15, 0.2) is 0 Å². The van der Waals surface area contributed by atoms with Crippen molar-refractivity contribution in [3.8, 4) is 0 Å². The zero-order chi connectivity index (χ0) is 15.5. The second-order valence-electron chi connectivity index (χ2n) is 6.39. The molecule has 2 saturated heterocycles. The fraction of sp³-hybridized carbons (Fsp3) is 0.529. The van der Waals surface area contributed by atoms with E-state index in [0.717, 1.165) is 44.6 Å². The third-order valence-electron chi connectivity index (χ3n) is 4.52. The number of nitrogens with zero attached hydrogens (tertiary/aromatic N) is 3. The fourth-order valence-electron chi connectivity index (χ4n) is 3.45. The summed E-state index contributed by atoms with van der Waals surface area (Å²) >= 11 is 1.72. The number of ether oxygens (including phenoxy) is 2. The summed E-state index contributed by atoms with van der Waals surface area (Å²) in [4.78, 5) is 10.9. The number of likely N-dealkylation sites (tertiary alicyclic amines) is 1. The SMILES string of the molecule is c1cncc(CO[C@H]2CCOC3(C2)CN(Cc2nccs2)C3)c1. The lowest BCUT2D eigenvalue weighted by Crippen LogP contribution is -2.65. The third kappa shape index (κ3) is 3.61. The van der Waals surface area contributed by atoms with Crippen LogP contribution in [0.1, 0.15) is 23.4 Å². The van der Waals surface area contributed by atoms with E-state index in [0.29, 0.717) is 6.61 Å². The van der Waals surface area contributed by atoms with E-state index in [2.05, 4.69) is 20.9 Å². The molecule has 2 aliphatic heterocycles. The van der Waals surface area contributed by atoms with E-state index >= 15 is 0 Å². The summed E-state index contributed by atoms with van der Waals surface area (Å²) in [5.74, 6) is 0. The Hall–Kier alpha value is -1.34. The van der Waals surface area contributed by atoms with Crippen molar-refractivity contribution in [2.75, 3.05) is 19.7 Å². The van der Waals surface area contributed by atoms with Crippen molar-refractivity contribution in [2.24, 2.45) is 0 Å². The van der Waals surface area contributed by atoms with Gasteiger partial charge in [-0.25, -0.2) is 4.98 Å². The van der Waals surface area contributed by atoms with Gasteiger partial charge in [0.25, 0.3) is 0 Å². The van der Waals surface area contributed by atoms with Gasteiger partial charge in [-0.1, -0.05) is 6.07 Å². The zero-order valence-electron chi connectivity index (χ0n) is 13.1. The van der Waals surface area contributed by atoms with Gasteiger partial charge in [-0.05, 0) is 18.1 Å². The van der Waals surface area contributed by atoms with Gasteiger partial charge in [0.05, 0.1) is 24.9 Å².